The van der Waals surface area contributed by atoms with Crippen LogP contribution < -0.4 is 10.1 Å². The summed E-state index contributed by atoms with van der Waals surface area (Å²) < 4.78 is 45.1. The van der Waals surface area contributed by atoms with E-state index in [1.807, 2.05) is 11.5 Å². The SMILES string of the molecule is Cc1ccc(-c2cc(C(=O)NCCC(C)(C)C(=O)O)c(C)n2CC2CCCCC2)cc1OC(F)(F)F. The third-order valence-electron chi connectivity index (χ3n) is 7.10. The number of carbonyl (C=O) groups is 2. The van der Waals surface area contributed by atoms with Crippen molar-refractivity contribution in [3.05, 3.63) is 41.1 Å². The Labute approximate surface area is 209 Å². The normalized spacial score (nSPS) is 15.1. The van der Waals surface area contributed by atoms with Crippen LogP contribution in [0.15, 0.2) is 24.3 Å². The molecule has 3 rings (SSSR count). The van der Waals surface area contributed by atoms with E-state index in [4.69, 9.17) is 0 Å². The van der Waals surface area contributed by atoms with Crippen LogP contribution in [0, 0.1) is 25.2 Å². The van der Waals surface area contributed by atoms with Crippen molar-refractivity contribution in [2.45, 2.75) is 79.1 Å². The highest BCUT2D eigenvalue weighted by molar-refractivity contribution is 5.97. The van der Waals surface area contributed by atoms with Crippen molar-refractivity contribution in [1.29, 1.82) is 0 Å². The van der Waals surface area contributed by atoms with Gasteiger partial charge in [0.25, 0.3) is 5.91 Å². The number of amides is 1. The number of halogens is 3. The van der Waals surface area contributed by atoms with Crippen molar-refractivity contribution >= 4 is 11.9 Å². The van der Waals surface area contributed by atoms with Gasteiger partial charge in [0.1, 0.15) is 5.75 Å². The first-order valence-electron chi connectivity index (χ1n) is 12.4. The van der Waals surface area contributed by atoms with Gasteiger partial charge in [-0.25, -0.2) is 0 Å². The number of carboxylic acid groups (broad SMARTS) is 1. The largest absolute Gasteiger partial charge is 0.573 e. The van der Waals surface area contributed by atoms with Crippen LogP contribution in [-0.4, -0.2) is 34.5 Å². The van der Waals surface area contributed by atoms with Gasteiger partial charge < -0.3 is 19.7 Å². The molecule has 1 aliphatic rings. The van der Waals surface area contributed by atoms with Crippen LogP contribution in [0.5, 0.6) is 5.75 Å². The minimum Gasteiger partial charge on any atom is -0.481 e. The van der Waals surface area contributed by atoms with Gasteiger partial charge in [-0.2, -0.15) is 0 Å². The highest BCUT2D eigenvalue weighted by atomic mass is 19.4. The topological polar surface area (TPSA) is 80.6 Å². The molecule has 6 nitrogen and oxygen atoms in total. The standard InChI is InChI=1S/C27H35F3N2O4/c1-17-10-11-20(14-23(17)36-27(28,29)30)22-15-21(24(33)31-13-12-26(3,4)25(34)35)18(2)32(22)16-19-8-6-5-7-9-19/h10-11,14-15,19H,5-9,12-13,16H2,1-4H3,(H,31,33)(H,34,35). The molecule has 1 fully saturated rings. The Morgan fingerprint density at radius 3 is 2.39 bits per heavy atom. The summed E-state index contributed by atoms with van der Waals surface area (Å²) in [5.41, 5.74) is 1.72. The molecule has 2 N–H and O–H groups in total. The zero-order chi connectivity index (χ0) is 26.7. The van der Waals surface area contributed by atoms with Gasteiger partial charge in [-0.3, -0.25) is 9.59 Å². The van der Waals surface area contributed by atoms with E-state index in [-0.39, 0.29) is 24.6 Å². The van der Waals surface area contributed by atoms with Gasteiger partial charge in [-0.1, -0.05) is 31.4 Å². The Morgan fingerprint density at radius 2 is 1.78 bits per heavy atom. The number of nitrogens with one attached hydrogen (secondary N) is 1. The molecule has 1 saturated carbocycles. The second kappa shape index (κ2) is 11.0. The van der Waals surface area contributed by atoms with Gasteiger partial charge in [0.2, 0.25) is 0 Å². The summed E-state index contributed by atoms with van der Waals surface area (Å²) in [7, 11) is 0. The quantitative estimate of drug-likeness (QED) is 0.406. The van der Waals surface area contributed by atoms with E-state index in [0.717, 1.165) is 31.4 Å². The molecule has 0 atom stereocenters. The third-order valence-corrected chi connectivity index (χ3v) is 7.10. The number of carboxylic acids is 1. The maximum atomic E-state index is 13.1. The predicted molar refractivity (Wildman–Crippen MR) is 131 cm³/mol. The van der Waals surface area contributed by atoms with Gasteiger partial charge in [0.05, 0.1) is 11.0 Å². The second-order valence-electron chi connectivity index (χ2n) is 10.4. The van der Waals surface area contributed by atoms with Crippen molar-refractivity contribution in [1.82, 2.24) is 9.88 Å². The molecular formula is C27H35F3N2O4. The maximum absolute atomic E-state index is 13.1. The molecule has 9 heteroatoms. The van der Waals surface area contributed by atoms with Gasteiger partial charge in [-0.15, -0.1) is 13.2 Å². The van der Waals surface area contributed by atoms with Crippen LogP contribution in [-0.2, 0) is 11.3 Å². The fraction of sp³-hybridized carbons (Fsp3) is 0.556. The summed E-state index contributed by atoms with van der Waals surface area (Å²) in [5, 5.41) is 12.1. The molecule has 1 aliphatic carbocycles. The Balaban J connectivity index is 1.94. The highest BCUT2D eigenvalue weighted by Gasteiger charge is 2.32. The molecule has 198 valence electrons. The van der Waals surface area contributed by atoms with Crippen molar-refractivity contribution < 1.29 is 32.6 Å². The average molecular weight is 509 g/mol. The number of rotatable bonds is 9. The minimum absolute atomic E-state index is 0.189. The lowest BCUT2D eigenvalue weighted by molar-refractivity contribution is -0.274. The summed E-state index contributed by atoms with van der Waals surface area (Å²) in [4.78, 5) is 24.4. The number of hydrogen-bond acceptors (Lipinski definition) is 3. The number of ether oxygens (including phenoxy) is 1. The first-order chi connectivity index (χ1) is 16.8. The molecule has 36 heavy (non-hydrogen) atoms. The molecule has 2 aromatic rings. The van der Waals surface area contributed by atoms with E-state index in [9.17, 15) is 27.9 Å². The molecule has 0 bridgehead atoms. The van der Waals surface area contributed by atoms with Gasteiger partial charge in [0, 0.05) is 30.0 Å². The van der Waals surface area contributed by atoms with Crippen molar-refractivity contribution in [3.63, 3.8) is 0 Å². The molecular weight excluding hydrogens is 473 g/mol. The second-order valence-corrected chi connectivity index (χ2v) is 10.4. The van der Waals surface area contributed by atoms with Crippen LogP contribution in [0.2, 0.25) is 0 Å². The zero-order valence-corrected chi connectivity index (χ0v) is 21.3. The van der Waals surface area contributed by atoms with Crippen molar-refractivity contribution in [2.75, 3.05) is 6.54 Å². The summed E-state index contributed by atoms with van der Waals surface area (Å²) >= 11 is 0. The predicted octanol–water partition coefficient (Wildman–Crippen LogP) is 6.48. The lowest BCUT2D eigenvalue weighted by atomic mass is 9.89. The lowest BCUT2D eigenvalue weighted by Gasteiger charge is -2.24. The van der Waals surface area contributed by atoms with Gasteiger partial charge in [-0.05, 0) is 70.6 Å². The molecule has 0 unspecified atom stereocenters. The van der Waals surface area contributed by atoms with Crippen LogP contribution in [0.3, 0.4) is 0 Å². The highest BCUT2D eigenvalue weighted by Crippen LogP contribution is 2.35. The van der Waals surface area contributed by atoms with Crippen LogP contribution in [0.1, 0.15) is 74.0 Å². The molecule has 0 spiro atoms. The molecule has 0 aliphatic heterocycles. The maximum Gasteiger partial charge on any atom is 0.573 e. The number of aryl methyl sites for hydroxylation is 1. The molecule has 0 saturated heterocycles. The Hall–Kier alpha value is -2.97. The summed E-state index contributed by atoms with van der Waals surface area (Å²) in [6.07, 6.45) is 1.07. The van der Waals surface area contributed by atoms with E-state index in [1.54, 1.807) is 39.0 Å². The number of aliphatic carboxylic acids is 1. The Kier molecular flexibility index (Phi) is 8.41. The number of aromatic nitrogens is 1. The molecule has 1 aromatic heterocycles. The van der Waals surface area contributed by atoms with Gasteiger partial charge in [0.15, 0.2) is 0 Å². The Bertz CT molecular complexity index is 1100. The first-order valence-corrected chi connectivity index (χ1v) is 12.4. The van der Waals surface area contributed by atoms with E-state index in [1.165, 1.54) is 12.5 Å². The summed E-state index contributed by atoms with van der Waals surface area (Å²) in [6, 6.07) is 6.39. The van der Waals surface area contributed by atoms with Crippen molar-refractivity contribution in [3.8, 4) is 17.0 Å². The number of benzene rings is 1. The minimum atomic E-state index is -4.81. The molecule has 1 aromatic carbocycles. The van der Waals surface area contributed by atoms with E-state index < -0.39 is 17.7 Å². The molecule has 1 heterocycles. The number of nitrogens with zero attached hydrogens (tertiary/aromatic N) is 1. The lowest BCUT2D eigenvalue weighted by Crippen LogP contribution is -2.32. The fourth-order valence-electron chi connectivity index (χ4n) is 4.66. The molecule has 1 amide bonds. The summed E-state index contributed by atoms with van der Waals surface area (Å²) in [6.45, 7) is 7.45. The zero-order valence-electron chi connectivity index (χ0n) is 21.3. The number of hydrogen-bond donors (Lipinski definition) is 2. The third kappa shape index (κ3) is 6.83. The number of alkyl halides is 3. The van der Waals surface area contributed by atoms with Crippen LogP contribution in [0.25, 0.3) is 11.3 Å². The van der Waals surface area contributed by atoms with Crippen LogP contribution >= 0.6 is 0 Å². The average Bonchev–Trinajstić information content (AvgIpc) is 3.11. The van der Waals surface area contributed by atoms with E-state index in [2.05, 4.69) is 10.1 Å². The monoisotopic (exact) mass is 508 g/mol. The Morgan fingerprint density at radius 1 is 1.11 bits per heavy atom. The number of carbonyl (C=O) groups excluding carboxylic acids is 1. The van der Waals surface area contributed by atoms with Crippen LogP contribution in [0.4, 0.5) is 13.2 Å². The molecule has 0 radical (unpaired) electrons. The van der Waals surface area contributed by atoms with E-state index in [0.29, 0.717) is 34.8 Å². The van der Waals surface area contributed by atoms with Gasteiger partial charge >= 0.3 is 12.3 Å². The van der Waals surface area contributed by atoms with E-state index >= 15 is 0 Å². The first kappa shape index (κ1) is 27.6. The van der Waals surface area contributed by atoms with Crippen molar-refractivity contribution in [2.24, 2.45) is 11.3 Å². The smallest absolute Gasteiger partial charge is 0.481 e. The fourth-order valence-corrected chi connectivity index (χ4v) is 4.66. The summed E-state index contributed by atoms with van der Waals surface area (Å²) in [5.74, 6) is -1.13.